The number of aliphatic imine (C=N–C) groups is 1. The maximum absolute atomic E-state index is 11.4. The number of ether oxygens (including phenoxy) is 1. The molecule has 0 bridgehead atoms. The number of nitrogens with zero attached hydrogens (tertiary/aromatic N) is 1. The van der Waals surface area contributed by atoms with Gasteiger partial charge >= 0.3 is 0 Å². The first kappa shape index (κ1) is 20.5. The van der Waals surface area contributed by atoms with Gasteiger partial charge in [-0.2, -0.15) is 0 Å². The van der Waals surface area contributed by atoms with E-state index in [4.69, 9.17) is 10.5 Å². The van der Waals surface area contributed by atoms with Crippen molar-refractivity contribution in [2.45, 2.75) is 32.7 Å². The Morgan fingerprint density at radius 2 is 2.17 bits per heavy atom. The number of hydrogen-bond acceptors (Lipinski definition) is 3. The molecule has 1 aromatic rings. The average Bonchev–Trinajstić information content (AvgIpc) is 2.50. The van der Waals surface area contributed by atoms with Crippen LogP contribution in [0.4, 0.5) is 0 Å². The predicted octanol–water partition coefficient (Wildman–Crippen LogP) is 2.02. The third-order valence-corrected chi connectivity index (χ3v) is 3.87. The minimum absolute atomic E-state index is 0. The van der Waals surface area contributed by atoms with E-state index in [1.54, 1.807) is 0 Å². The molecule has 0 heterocycles. The van der Waals surface area contributed by atoms with Gasteiger partial charge in [-0.3, -0.25) is 4.79 Å². The molecule has 0 unspecified atom stereocenters. The zero-order chi connectivity index (χ0) is 16.5. The molecule has 1 aliphatic rings. The number of nitrogens with one attached hydrogen (secondary N) is 2. The number of hydrogen-bond donors (Lipinski definition) is 3. The lowest BCUT2D eigenvalue weighted by Gasteiger charge is -2.25. The number of amides is 1. The molecular weight excluding hydrogens is 419 g/mol. The number of nitrogens with two attached hydrogens (primary N) is 1. The molecule has 0 aliphatic heterocycles. The summed E-state index contributed by atoms with van der Waals surface area (Å²) in [6, 6.07) is 7.55. The van der Waals surface area contributed by atoms with Gasteiger partial charge < -0.3 is 21.1 Å². The number of halogens is 1. The van der Waals surface area contributed by atoms with Gasteiger partial charge in [0, 0.05) is 13.1 Å². The lowest BCUT2D eigenvalue weighted by molar-refractivity contribution is -0.122. The van der Waals surface area contributed by atoms with Crippen molar-refractivity contribution in [2.75, 3.05) is 19.7 Å². The van der Waals surface area contributed by atoms with Crippen LogP contribution in [0.2, 0.25) is 0 Å². The Bertz CT molecular complexity index is 547. The molecule has 24 heavy (non-hydrogen) atoms. The molecule has 0 spiro atoms. The Hall–Kier alpha value is -1.51. The van der Waals surface area contributed by atoms with Gasteiger partial charge in [0.25, 0.3) is 5.91 Å². The smallest absolute Gasteiger partial charge is 0.257 e. The molecule has 4 N–H and O–H groups in total. The van der Waals surface area contributed by atoms with Crippen molar-refractivity contribution in [2.24, 2.45) is 16.6 Å². The Balaban J connectivity index is 0.00000288. The maximum Gasteiger partial charge on any atom is 0.257 e. The summed E-state index contributed by atoms with van der Waals surface area (Å²) in [5.41, 5.74) is 6.87. The van der Waals surface area contributed by atoms with Gasteiger partial charge in [0.15, 0.2) is 12.6 Å². The highest BCUT2D eigenvalue weighted by Crippen LogP contribution is 2.25. The first-order valence-corrected chi connectivity index (χ1v) is 8.19. The Labute approximate surface area is 160 Å². The lowest BCUT2D eigenvalue weighted by Crippen LogP contribution is -2.37. The van der Waals surface area contributed by atoms with Crippen molar-refractivity contribution in [1.29, 1.82) is 0 Å². The molecular formula is C17H27IN4O2. The second-order valence-electron chi connectivity index (χ2n) is 5.77. The van der Waals surface area contributed by atoms with Crippen molar-refractivity contribution >= 4 is 35.8 Å². The van der Waals surface area contributed by atoms with E-state index in [1.807, 2.05) is 31.2 Å². The first-order valence-electron chi connectivity index (χ1n) is 8.19. The minimum atomic E-state index is -0.125. The summed E-state index contributed by atoms with van der Waals surface area (Å²) >= 11 is 0. The average molecular weight is 446 g/mol. The largest absolute Gasteiger partial charge is 0.484 e. The zero-order valence-electron chi connectivity index (χ0n) is 14.1. The van der Waals surface area contributed by atoms with Crippen molar-refractivity contribution in [3.05, 3.63) is 29.8 Å². The molecule has 7 heteroatoms. The van der Waals surface area contributed by atoms with Crippen LogP contribution in [0.1, 0.15) is 31.7 Å². The van der Waals surface area contributed by atoms with Crippen LogP contribution >= 0.6 is 24.0 Å². The van der Waals surface area contributed by atoms with Crippen molar-refractivity contribution in [1.82, 2.24) is 10.6 Å². The molecule has 0 saturated heterocycles. The predicted molar refractivity (Wildman–Crippen MR) is 107 cm³/mol. The van der Waals surface area contributed by atoms with E-state index in [9.17, 15) is 4.79 Å². The maximum atomic E-state index is 11.4. The van der Waals surface area contributed by atoms with Crippen molar-refractivity contribution < 1.29 is 9.53 Å². The van der Waals surface area contributed by atoms with Crippen LogP contribution in [0.3, 0.4) is 0 Å². The quantitative estimate of drug-likeness (QED) is 0.324. The van der Waals surface area contributed by atoms with E-state index in [0.29, 0.717) is 24.8 Å². The van der Waals surface area contributed by atoms with E-state index in [1.165, 1.54) is 19.3 Å². The molecule has 6 nitrogen and oxygen atoms in total. The van der Waals surface area contributed by atoms with Gasteiger partial charge in [0.2, 0.25) is 0 Å². The second kappa shape index (κ2) is 11.1. The van der Waals surface area contributed by atoms with Crippen molar-refractivity contribution in [3.63, 3.8) is 0 Å². The fourth-order valence-electron chi connectivity index (χ4n) is 2.31. The van der Waals surface area contributed by atoms with Crippen LogP contribution in [0, 0.1) is 5.92 Å². The number of benzene rings is 1. The summed E-state index contributed by atoms with van der Waals surface area (Å²) in [6.07, 6.45) is 3.89. The fraction of sp³-hybridized carbons (Fsp3) is 0.529. The molecule has 1 aliphatic carbocycles. The normalized spacial score (nSPS) is 14.3. The zero-order valence-corrected chi connectivity index (χ0v) is 16.4. The molecule has 0 radical (unpaired) electrons. The van der Waals surface area contributed by atoms with E-state index < -0.39 is 0 Å². The van der Waals surface area contributed by atoms with Crippen LogP contribution < -0.4 is 21.1 Å². The van der Waals surface area contributed by atoms with Gasteiger partial charge in [-0.15, -0.1) is 24.0 Å². The third kappa shape index (κ3) is 7.37. The van der Waals surface area contributed by atoms with E-state index in [0.717, 1.165) is 18.0 Å². The number of rotatable bonds is 8. The highest BCUT2D eigenvalue weighted by molar-refractivity contribution is 14.0. The van der Waals surface area contributed by atoms with Crippen LogP contribution in [0.25, 0.3) is 0 Å². The van der Waals surface area contributed by atoms with E-state index in [2.05, 4.69) is 15.6 Å². The first-order chi connectivity index (χ1) is 11.2. The highest BCUT2D eigenvalue weighted by Gasteiger charge is 2.16. The van der Waals surface area contributed by atoms with Gasteiger partial charge in [-0.1, -0.05) is 18.6 Å². The summed E-state index contributed by atoms with van der Waals surface area (Å²) < 4.78 is 5.46. The van der Waals surface area contributed by atoms with Gasteiger partial charge in [-0.05, 0) is 43.4 Å². The lowest BCUT2D eigenvalue weighted by atomic mass is 9.85. The van der Waals surface area contributed by atoms with Crippen LogP contribution in [-0.2, 0) is 11.3 Å². The van der Waals surface area contributed by atoms with Crippen LogP contribution in [-0.4, -0.2) is 31.6 Å². The summed E-state index contributed by atoms with van der Waals surface area (Å²) in [5, 5.41) is 5.86. The fourth-order valence-corrected chi connectivity index (χ4v) is 2.31. The number of carbonyl (C=O) groups is 1. The third-order valence-electron chi connectivity index (χ3n) is 3.87. The van der Waals surface area contributed by atoms with Crippen molar-refractivity contribution in [3.8, 4) is 5.75 Å². The molecule has 1 aromatic carbocycles. The molecule has 0 atom stereocenters. The summed E-state index contributed by atoms with van der Waals surface area (Å²) in [7, 11) is 0. The summed E-state index contributed by atoms with van der Waals surface area (Å²) in [4.78, 5) is 15.7. The number of guanidine groups is 1. The van der Waals surface area contributed by atoms with Gasteiger partial charge in [0.1, 0.15) is 5.75 Å². The Kier molecular flexibility index (Phi) is 9.51. The Morgan fingerprint density at radius 3 is 2.83 bits per heavy atom. The van der Waals surface area contributed by atoms with Gasteiger partial charge in [0.05, 0.1) is 6.54 Å². The molecule has 134 valence electrons. The Morgan fingerprint density at radius 1 is 1.38 bits per heavy atom. The van der Waals surface area contributed by atoms with Crippen LogP contribution in [0.5, 0.6) is 5.75 Å². The highest BCUT2D eigenvalue weighted by atomic mass is 127. The van der Waals surface area contributed by atoms with E-state index in [-0.39, 0.29) is 36.5 Å². The second-order valence-corrected chi connectivity index (χ2v) is 5.77. The van der Waals surface area contributed by atoms with E-state index >= 15 is 0 Å². The SMILES string of the molecule is CCNC(=O)COc1cccc(CN=C(N)NCC2CCC2)c1.I. The van der Waals surface area contributed by atoms with Gasteiger partial charge in [-0.25, -0.2) is 4.99 Å². The molecule has 1 amide bonds. The minimum Gasteiger partial charge on any atom is -0.484 e. The summed E-state index contributed by atoms with van der Waals surface area (Å²) in [6.45, 7) is 3.89. The molecule has 1 saturated carbocycles. The molecule has 0 aromatic heterocycles. The number of likely N-dealkylation sites (N-methyl/N-ethyl adjacent to an activating group) is 1. The number of carbonyl (C=O) groups excluding carboxylic acids is 1. The monoisotopic (exact) mass is 446 g/mol. The van der Waals surface area contributed by atoms with Crippen LogP contribution in [0.15, 0.2) is 29.3 Å². The molecule has 1 fully saturated rings. The molecule has 2 rings (SSSR count). The summed E-state index contributed by atoms with van der Waals surface area (Å²) in [5.74, 6) is 1.76. The standard InChI is InChI=1S/C17H26N4O2.HI/c1-2-19-16(22)12-23-15-8-4-7-14(9-15)11-21-17(18)20-10-13-5-3-6-13;/h4,7-9,13H,2-3,5-6,10-12H2,1H3,(H,19,22)(H3,18,20,21);1H. The topological polar surface area (TPSA) is 88.7 Å².